The molecule has 0 saturated carbocycles. The van der Waals surface area contributed by atoms with Gasteiger partial charge in [-0.2, -0.15) is 0 Å². The number of carbonyl (C=O) groups excluding carboxylic acids is 2. The van der Waals surface area contributed by atoms with Crippen LogP contribution in [0.25, 0.3) is 0 Å². The van der Waals surface area contributed by atoms with Crippen molar-refractivity contribution in [3.8, 4) is 5.75 Å². The summed E-state index contributed by atoms with van der Waals surface area (Å²) >= 11 is 0. The fraction of sp³-hybridized carbons (Fsp3) is 0.0952. The van der Waals surface area contributed by atoms with Crippen molar-refractivity contribution in [2.75, 3.05) is 23.1 Å². The van der Waals surface area contributed by atoms with Gasteiger partial charge in [0, 0.05) is 24.5 Å². The first-order valence-electron chi connectivity index (χ1n) is 8.60. The maximum absolute atomic E-state index is 12.4. The highest BCUT2D eigenvalue weighted by atomic mass is 16.5. The Balaban J connectivity index is 1.68. The van der Waals surface area contributed by atoms with Gasteiger partial charge in [-0.05, 0) is 42.5 Å². The molecule has 2 aromatic carbocycles. The quantitative estimate of drug-likeness (QED) is 0.604. The molecule has 3 rings (SSSR count). The molecule has 0 spiro atoms. The zero-order valence-electron chi connectivity index (χ0n) is 15.5. The molecule has 1 aromatic heterocycles. The lowest BCUT2D eigenvalue weighted by molar-refractivity contribution is -0.114. The van der Waals surface area contributed by atoms with Crippen LogP contribution in [0.4, 0.5) is 22.9 Å². The topological polar surface area (TPSA) is 92.4 Å². The second-order valence-corrected chi connectivity index (χ2v) is 5.97. The average molecular weight is 376 g/mol. The lowest BCUT2D eigenvalue weighted by atomic mass is 10.2. The largest absolute Gasteiger partial charge is 0.495 e. The first-order chi connectivity index (χ1) is 13.5. The summed E-state index contributed by atoms with van der Waals surface area (Å²) in [5, 5.41) is 8.67. The maximum Gasteiger partial charge on any atom is 0.257 e. The minimum absolute atomic E-state index is 0.138. The van der Waals surface area contributed by atoms with Gasteiger partial charge in [0.05, 0.1) is 18.4 Å². The van der Waals surface area contributed by atoms with Crippen LogP contribution in [0.15, 0.2) is 66.9 Å². The Morgan fingerprint density at radius 1 is 0.929 bits per heavy atom. The average Bonchev–Trinajstić information content (AvgIpc) is 2.68. The summed E-state index contributed by atoms with van der Waals surface area (Å²) in [6.07, 6.45) is 1.49. The van der Waals surface area contributed by atoms with Crippen LogP contribution >= 0.6 is 0 Å². The Hall–Kier alpha value is -3.87. The first kappa shape index (κ1) is 18.9. The highest BCUT2D eigenvalue weighted by Gasteiger charge is 2.10. The molecule has 0 aliphatic rings. The number of para-hydroxylation sites is 2. The number of ether oxygens (including phenoxy) is 1. The molecule has 0 atom stereocenters. The van der Waals surface area contributed by atoms with Gasteiger partial charge < -0.3 is 20.7 Å². The van der Waals surface area contributed by atoms with Crippen LogP contribution in [0, 0.1) is 0 Å². The highest BCUT2D eigenvalue weighted by Crippen LogP contribution is 2.24. The van der Waals surface area contributed by atoms with Gasteiger partial charge in [0.1, 0.15) is 11.6 Å². The van der Waals surface area contributed by atoms with Crippen LogP contribution in [0.3, 0.4) is 0 Å². The standard InChI is InChI=1S/C21H20N4O3/c1-14(26)23-16-6-5-7-17(12-16)24-20-11-10-15(13-22-20)21(27)25-18-8-3-4-9-19(18)28-2/h3-13H,1-2H3,(H,22,24)(H,23,26)(H,25,27). The third kappa shape index (κ3) is 4.85. The minimum Gasteiger partial charge on any atom is -0.495 e. The number of benzene rings is 2. The fourth-order valence-electron chi connectivity index (χ4n) is 2.57. The van der Waals surface area contributed by atoms with E-state index in [-0.39, 0.29) is 11.8 Å². The second-order valence-electron chi connectivity index (χ2n) is 5.97. The van der Waals surface area contributed by atoms with E-state index in [9.17, 15) is 9.59 Å². The van der Waals surface area contributed by atoms with E-state index in [0.29, 0.717) is 28.5 Å². The van der Waals surface area contributed by atoms with Gasteiger partial charge in [0.2, 0.25) is 5.91 Å². The van der Waals surface area contributed by atoms with E-state index >= 15 is 0 Å². The summed E-state index contributed by atoms with van der Waals surface area (Å²) in [6, 6.07) is 17.8. The number of nitrogens with one attached hydrogen (secondary N) is 3. The predicted octanol–water partition coefficient (Wildman–Crippen LogP) is 4.04. The molecule has 28 heavy (non-hydrogen) atoms. The van der Waals surface area contributed by atoms with Crippen LogP contribution < -0.4 is 20.7 Å². The zero-order chi connectivity index (χ0) is 19.9. The number of hydrogen-bond donors (Lipinski definition) is 3. The smallest absolute Gasteiger partial charge is 0.257 e. The molecular weight excluding hydrogens is 356 g/mol. The van der Waals surface area contributed by atoms with E-state index in [1.807, 2.05) is 24.3 Å². The molecule has 1 heterocycles. The van der Waals surface area contributed by atoms with Crippen LogP contribution in [-0.4, -0.2) is 23.9 Å². The highest BCUT2D eigenvalue weighted by molar-refractivity contribution is 6.04. The van der Waals surface area contributed by atoms with Gasteiger partial charge in [0.25, 0.3) is 5.91 Å². The molecule has 3 aromatic rings. The van der Waals surface area contributed by atoms with Gasteiger partial charge in [-0.25, -0.2) is 4.98 Å². The van der Waals surface area contributed by atoms with E-state index in [0.717, 1.165) is 5.69 Å². The molecule has 0 aliphatic heterocycles. The summed E-state index contributed by atoms with van der Waals surface area (Å²) in [4.78, 5) is 27.9. The summed E-state index contributed by atoms with van der Waals surface area (Å²) in [5.41, 5.74) is 2.46. The monoisotopic (exact) mass is 376 g/mol. The summed E-state index contributed by atoms with van der Waals surface area (Å²) in [6.45, 7) is 1.45. The van der Waals surface area contributed by atoms with Crippen molar-refractivity contribution in [2.45, 2.75) is 6.92 Å². The van der Waals surface area contributed by atoms with Gasteiger partial charge in [-0.15, -0.1) is 0 Å². The van der Waals surface area contributed by atoms with Crippen LogP contribution in [0.1, 0.15) is 17.3 Å². The first-order valence-corrected chi connectivity index (χ1v) is 8.60. The van der Waals surface area contributed by atoms with Crippen LogP contribution in [0.2, 0.25) is 0 Å². The van der Waals surface area contributed by atoms with Crippen molar-refractivity contribution >= 4 is 34.7 Å². The Morgan fingerprint density at radius 2 is 1.71 bits per heavy atom. The Labute approximate surface area is 162 Å². The predicted molar refractivity (Wildman–Crippen MR) is 109 cm³/mol. The molecule has 0 unspecified atom stereocenters. The number of rotatable bonds is 6. The van der Waals surface area contributed by atoms with Crippen LogP contribution in [-0.2, 0) is 4.79 Å². The molecule has 142 valence electrons. The lowest BCUT2D eigenvalue weighted by Gasteiger charge is -2.11. The van der Waals surface area contributed by atoms with E-state index in [1.54, 1.807) is 43.5 Å². The van der Waals surface area contributed by atoms with Crippen molar-refractivity contribution in [3.63, 3.8) is 0 Å². The number of amides is 2. The van der Waals surface area contributed by atoms with E-state index in [1.165, 1.54) is 13.1 Å². The van der Waals surface area contributed by atoms with Crippen molar-refractivity contribution in [3.05, 3.63) is 72.4 Å². The maximum atomic E-state index is 12.4. The minimum atomic E-state index is -0.281. The number of hydrogen-bond acceptors (Lipinski definition) is 5. The third-order valence-electron chi connectivity index (χ3n) is 3.84. The van der Waals surface area contributed by atoms with Gasteiger partial charge >= 0.3 is 0 Å². The molecule has 0 saturated heterocycles. The van der Waals surface area contributed by atoms with Crippen molar-refractivity contribution in [1.82, 2.24) is 4.98 Å². The Bertz CT molecular complexity index is 987. The molecule has 0 bridgehead atoms. The number of aromatic nitrogens is 1. The molecule has 2 amide bonds. The van der Waals surface area contributed by atoms with Gasteiger partial charge in [-0.1, -0.05) is 18.2 Å². The Morgan fingerprint density at radius 3 is 2.43 bits per heavy atom. The summed E-state index contributed by atoms with van der Waals surface area (Å²) in [7, 11) is 1.55. The molecule has 0 aliphatic carbocycles. The van der Waals surface area contributed by atoms with Crippen molar-refractivity contribution in [2.24, 2.45) is 0 Å². The van der Waals surface area contributed by atoms with Gasteiger partial charge in [-0.3, -0.25) is 9.59 Å². The van der Waals surface area contributed by atoms with E-state index in [4.69, 9.17) is 4.74 Å². The number of pyridine rings is 1. The molecule has 7 heteroatoms. The number of carbonyl (C=O) groups is 2. The van der Waals surface area contributed by atoms with Crippen LogP contribution in [0.5, 0.6) is 5.75 Å². The van der Waals surface area contributed by atoms with E-state index < -0.39 is 0 Å². The second kappa shape index (κ2) is 8.68. The molecule has 0 radical (unpaired) electrons. The Kier molecular flexibility index (Phi) is 5.86. The third-order valence-corrected chi connectivity index (χ3v) is 3.84. The summed E-state index contributed by atoms with van der Waals surface area (Å²) < 4.78 is 5.23. The molecule has 7 nitrogen and oxygen atoms in total. The number of methoxy groups -OCH3 is 1. The number of anilines is 4. The lowest BCUT2D eigenvalue weighted by Crippen LogP contribution is -2.13. The summed E-state index contributed by atoms with van der Waals surface area (Å²) in [5.74, 6) is 0.742. The van der Waals surface area contributed by atoms with E-state index in [2.05, 4.69) is 20.9 Å². The van der Waals surface area contributed by atoms with Gasteiger partial charge in [0.15, 0.2) is 0 Å². The van der Waals surface area contributed by atoms with Crippen molar-refractivity contribution < 1.29 is 14.3 Å². The SMILES string of the molecule is COc1ccccc1NC(=O)c1ccc(Nc2cccc(NC(C)=O)c2)nc1. The number of nitrogens with zero attached hydrogens (tertiary/aromatic N) is 1. The normalized spacial score (nSPS) is 10.1. The molecular formula is C21H20N4O3. The molecule has 0 fully saturated rings. The van der Waals surface area contributed by atoms with Crippen molar-refractivity contribution in [1.29, 1.82) is 0 Å². The molecule has 3 N–H and O–H groups in total. The fourth-order valence-corrected chi connectivity index (χ4v) is 2.57. The zero-order valence-corrected chi connectivity index (χ0v) is 15.5.